The molecule has 0 bridgehead atoms. The van der Waals surface area contributed by atoms with Crippen molar-refractivity contribution in [1.29, 1.82) is 0 Å². The molecule has 0 radical (unpaired) electrons. The summed E-state index contributed by atoms with van der Waals surface area (Å²) in [5, 5.41) is 10.7. The molecule has 26 heavy (non-hydrogen) atoms. The Labute approximate surface area is 158 Å². The van der Waals surface area contributed by atoms with Crippen LogP contribution in [0.25, 0.3) is 0 Å². The van der Waals surface area contributed by atoms with E-state index in [9.17, 15) is 4.79 Å². The summed E-state index contributed by atoms with van der Waals surface area (Å²) in [5.41, 5.74) is 0. The Morgan fingerprint density at radius 3 is 2.85 bits per heavy atom. The van der Waals surface area contributed by atoms with Gasteiger partial charge in [-0.15, -0.1) is 0 Å². The minimum Gasteiger partial charge on any atom is -0.351 e. The van der Waals surface area contributed by atoms with Crippen LogP contribution in [-0.4, -0.2) is 79.8 Å². The van der Waals surface area contributed by atoms with Crippen LogP contribution in [0, 0.1) is 11.8 Å². The molecule has 4 aliphatic rings. The Balaban J connectivity index is 1.31. The third kappa shape index (κ3) is 3.79. The normalized spacial score (nSPS) is 43.3. The van der Waals surface area contributed by atoms with E-state index in [1.807, 2.05) is 0 Å². The molecule has 0 aromatic heterocycles. The molecule has 148 valence electrons. The number of rotatable bonds is 4. The first-order valence-corrected chi connectivity index (χ1v) is 10.7. The number of likely N-dealkylation sites (N-methyl/N-ethyl adjacent to an activating group) is 1. The van der Waals surface area contributed by atoms with Gasteiger partial charge in [0.15, 0.2) is 0 Å². The van der Waals surface area contributed by atoms with Crippen molar-refractivity contribution in [3.05, 3.63) is 0 Å². The second-order valence-electron chi connectivity index (χ2n) is 9.47. The third-order valence-electron chi connectivity index (χ3n) is 7.20. The van der Waals surface area contributed by atoms with Gasteiger partial charge < -0.3 is 20.9 Å². The van der Waals surface area contributed by atoms with Crippen molar-refractivity contribution in [2.24, 2.45) is 11.8 Å². The van der Waals surface area contributed by atoms with E-state index in [0.29, 0.717) is 36.1 Å². The van der Waals surface area contributed by atoms with Gasteiger partial charge in [0.2, 0.25) is 5.91 Å². The van der Waals surface area contributed by atoms with E-state index in [2.05, 4.69) is 46.8 Å². The fourth-order valence-corrected chi connectivity index (χ4v) is 5.90. The van der Waals surface area contributed by atoms with Gasteiger partial charge in [0.25, 0.3) is 0 Å². The number of nitrogens with zero attached hydrogens (tertiary/aromatic N) is 2. The van der Waals surface area contributed by atoms with Gasteiger partial charge >= 0.3 is 0 Å². The van der Waals surface area contributed by atoms with Gasteiger partial charge in [0.05, 0.1) is 12.2 Å². The zero-order valence-corrected chi connectivity index (χ0v) is 16.7. The van der Waals surface area contributed by atoms with Crippen LogP contribution in [0.3, 0.4) is 0 Å². The van der Waals surface area contributed by atoms with E-state index in [1.165, 1.54) is 19.3 Å². The molecular formula is C20H37N5O. The number of hydrogen-bond acceptors (Lipinski definition) is 5. The van der Waals surface area contributed by atoms with Crippen LogP contribution in [0.5, 0.6) is 0 Å². The van der Waals surface area contributed by atoms with Crippen molar-refractivity contribution in [2.45, 2.75) is 75.8 Å². The van der Waals surface area contributed by atoms with Crippen LogP contribution in [0.15, 0.2) is 0 Å². The summed E-state index contributed by atoms with van der Waals surface area (Å²) < 4.78 is 0. The third-order valence-corrected chi connectivity index (χ3v) is 7.20. The molecule has 4 fully saturated rings. The zero-order chi connectivity index (χ0) is 18.3. The van der Waals surface area contributed by atoms with Crippen molar-refractivity contribution in [3.8, 4) is 0 Å². The van der Waals surface area contributed by atoms with E-state index < -0.39 is 0 Å². The predicted octanol–water partition coefficient (Wildman–Crippen LogP) is 0.593. The van der Waals surface area contributed by atoms with Crippen LogP contribution in [-0.2, 0) is 4.79 Å². The standard InChI is InChI=1S/C20H37N5O/c1-13-5-4-6-14-9-17(23-19(13)14)20(26)22-15-7-8-18-21-10-16(12-24(2)3)25(18)11-15/h13-19,21,23H,4-12H2,1-3H3,(H,22,26). The van der Waals surface area contributed by atoms with Gasteiger partial charge in [-0.25, -0.2) is 0 Å². The molecule has 0 spiro atoms. The smallest absolute Gasteiger partial charge is 0.237 e. The minimum absolute atomic E-state index is 0.0255. The van der Waals surface area contributed by atoms with Gasteiger partial charge in [0.1, 0.15) is 0 Å². The highest BCUT2D eigenvalue weighted by Gasteiger charge is 2.43. The van der Waals surface area contributed by atoms with Crippen molar-refractivity contribution < 1.29 is 4.79 Å². The molecule has 3 aliphatic heterocycles. The van der Waals surface area contributed by atoms with Gasteiger partial charge in [-0.1, -0.05) is 13.3 Å². The Bertz CT molecular complexity index is 512. The number of carbonyl (C=O) groups excluding carboxylic acids is 1. The Morgan fingerprint density at radius 1 is 1.23 bits per heavy atom. The fraction of sp³-hybridized carbons (Fsp3) is 0.950. The van der Waals surface area contributed by atoms with Crippen molar-refractivity contribution >= 4 is 5.91 Å². The Kier molecular flexibility index (Phi) is 5.56. The van der Waals surface area contributed by atoms with E-state index in [-0.39, 0.29) is 11.9 Å². The van der Waals surface area contributed by atoms with Crippen molar-refractivity contribution in [3.63, 3.8) is 0 Å². The van der Waals surface area contributed by atoms with Crippen molar-refractivity contribution in [2.75, 3.05) is 33.7 Å². The Hall–Kier alpha value is -0.690. The maximum absolute atomic E-state index is 12.9. The SMILES string of the molecule is CC1CCCC2CC(C(=O)NC3CCC4NCC(CN(C)C)N4C3)NC12. The highest BCUT2D eigenvalue weighted by molar-refractivity contribution is 5.82. The zero-order valence-electron chi connectivity index (χ0n) is 16.7. The molecule has 4 rings (SSSR count). The summed E-state index contributed by atoms with van der Waals surface area (Å²) in [4.78, 5) is 17.7. The molecular weight excluding hydrogens is 326 g/mol. The van der Waals surface area contributed by atoms with Crippen molar-refractivity contribution in [1.82, 2.24) is 25.8 Å². The van der Waals surface area contributed by atoms with Crippen LogP contribution >= 0.6 is 0 Å². The van der Waals surface area contributed by atoms with Gasteiger partial charge in [-0.3, -0.25) is 9.69 Å². The molecule has 6 nitrogen and oxygen atoms in total. The lowest BCUT2D eigenvalue weighted by Crippen LogP contribution is -2.56. The summed E-state index contributed by atoms with van der Waals surface area (Å²) in [6.07, 6.45) is 7.69. The summed E-state index contributed by atoms with van der Waals surface area (Å²) in [6, 6.07) is 1.44. The summed E-state index contributed by atoms with van der Waals surface area (Å²) >= 11 is 0. The molecule has 3 saturated heterocycles. The van der Waals surface area contributed by atoms with E-state index in [1.54, 1.807) is 0 Å². The Morgan fingerprint density at radius 2 is 2.08 bits per heavy atom. The van der Waals surface area contributed by atoms with Gasteiger partial charge in [-0.2, -0.15) is 0 Å². The number of carbonyl (C=O) groups is 1. The maximum atomic E-state index is 12.9. The molecule has 0 aromatic rings. The number of nitrogens with one attached hydrogen (secondary N) is 3. The molecule has 3 heterocycles. The first-order chi connectivity index (χ1) is 12.5. The second kappa shape index (κ2) is 7.74. The minimum atomic E-state index is 0.0255. The highest BCUT2D eigenvalue weighted by Crippen LogP contribution is 2.36. The number of piperidine rings is 1. The molecule has 7 atom stereocenters. The topological polar surface area (TPSA) is 59.6 Å². The lowest BCUT2D eigenvalue weighted by atomic mass is 9.78. The van der Waals surface area contributed by atoms with Crippen LogP contribution in [0.1, 0.15) is 45.4 Å². The number of fused-ring (bicyclic) bond motifs is 2. The largest absolute Gasteiger partial charge is 0.351 e. The average Bonchev–Trinajstić information content (AvgIpc) is 3.20. The lowest BCUT2D eigenvalue weighted by molar-refractivity contribution is -0.124. The molecule has 0 aromatic carbocycles. The van der Waals surface area contributed by atoms with Gasteiger partial charge in [0, 0.05) is 37.8 Å². The molecule has 1 aliphatic carbocycles. The van der Waals surface area contributed by atoms with Crippen LogP contribution < -0.4 is 16.0 Å². The first-order valence-electron chi connectivity index (χ1n) is 10.7. The molecule has 7 unspecified atom stereocenters. The number of amides is 1. The van der Waals surface area contributed by atoms with Crippen LogP contribution in [0.2, 0.25) is 0 Å². The first kappa shape index (κ1) is 18.7. The van der Waals surface area contributed by atoms with E-state index in [0.717, 1.165) is 38.9 Å². The van der Waals surface area contributed by atoms with E-state index >= 15 is 0 Å². The van der Waals surface area contributed by atoms with E-state index in [4.69, 9.17) is 0 Å². The summed E-state index contributed by atoms with van der Waals surface area (Å²) in [5.74, 6) is 1.66. The quantitative estimate of drug-likeness (QED) is 0.683. The van der Waals surface area contributed by atoms with Crippen LogP contribution in [0.4, 0.5) is 0 Å². The average molecular weight is 364 g/mol. The second-order valence-corrected chi connectivity index (χ2v) is 9.47. The number of hydrogen-bond donors (Lipinski definition) is 3. The lowest BCUT2D eigenvalue weighted by Gasteiger charge is -2.38. The fourth-order valence-electron chi connectivity index (χ4n) is 5.90. The monoisotopic (exact) mass is 363 g/mol. The summed E-state index contributed by atoms with van der Waals surface area (Å²) in [7, 11) is 4.28. The summed E-state index contributed by atoms with van der Waals surface area (Å²) in [6.45, 7) is 5.47. The highest BCUT2D eigenvalue weighted by atomic mass is 16.2. The molecule has 3 N–H and O–H groups in total. The maximum Gasteiger partial charge on any atom is 0.237 e. The molecule has 6 heteroatoms. The van der Waals surface area contributed by atoms with Gasteiger partial charge in [-0.05, 0) is 58.0 Å². The predicted molar refractivity (Wildman–Crippen MR) is 104 cm³/mol. The molecule has 1 amide bonds. The molecule has 1 saturated carbocycles.